The van der Waals surface area contributed by atoms with Gasteiger partial charge in [0.1, 0.15) is 5.82 Å². The Bertz CT molecular complexity index is 906. The smallest absolute Gasteiger partial charge is 0.254 e. The number of aromatic nitrogens is 3. The molecule has 120 valence electrons. The third-order valence-corrected chi connectivity index (χ3v) is 4.97. The van der Waals surface area contributed by atoms with E-state index in [1.807, 2.05) is 4.90 Å². The molecule has 1 aliphatic heterocycles. The number of rotatable bonds is 3. The van der Waals surface area contributed by atoms with Gasteiger partial charge in [-0.2, -0.15) is 0 Å². The Morgan fingerprint density at radius 2 is 2.12 bits per heavy atom. The van der Waals surface area contributed by atoms with E-state index in [-0.39, 0.29) is 5.91 Å². The van der Waals surface area contributed by atoms with Crippen molar-refractivity contribution in [3.05, 3.63) is 40.6 Å². The van der Waals surface area contributed by atoms with Crippen LogP contribution in [0, 0.1) is 12.1 Å². The molecule has 6 nitrogen and oxygen atoms in total. The first-order chi connectivity index (χ1) is 11.7. The molecule has 1 N–H and O–H groups in total. The van der Waals surface area contributed by atoms with Crippen LogP contribution < -0.4 is 5.32 Å². The Labute approximate surface area is 151 Å². The van der Waals surface area contributed by atoms with Crippen LogP contribution in [0.5, 0.6) is 0 Å². The topological polar surface area (TPSA) is 71.0 Å². The number of hydrogen-bond donors (Lipinski definition) is 1. The zero-order valence-corrected chi connectivity index (χ0v) is 14.9. The summed E-state index contributed by atoms with van der Waals surface area (Å²) in [7, 11) is 0. The minimum Gasteiger partial charge on any atom is -0.339 e. The number of hydrogen-bond acceptors (Lipinski definition) is 6. The number of fused-ring (bicyclic) bond motifs is 1. The summed E-state index contributed by atoms with van der Waals surface area (Å²) in [6.45, 7) is 1.66. The third-order valence-electron chi connectivity index (χ3n) is 3.73. The summed E-state index contributed by atoms with van der Waals surface area (Å²) in [5.41, 5.74) is 1.28. The monoisotopic (exact) mass is 401 g/mol. The summed E-state index contributed by atoms with van der Waals surface area (Å²) in [4.78, 5) is 28.1. The SMILES string of the molecule is O=C(c1ccnc(Nc2nc3c#cc(Br)nc3s2)c1)N1CCCC1. The molecule has 0 unspecified atom stereocenters. The molecule has 0 aromatic carbocycles. The van der Waals surface area contributed by atoms with Crippen molar-refractivity contribution in [1.29, 1.82) is 0 Å². The molecule has 0 saturated carbocycles. The number of nitrogens with one attached hydrogen (secondary N) is 1. The standard InChI is InChI=1S/C16H12BrN5OS/c17-12-4-3-11-14(20-12)24-16(19-11)21-13-9-10(5-6-18-13)15(23)22-7-1-2-8-22/h5-6,9H,1-2,7-8H2,(H,18,19,21). The van der Waals surface area contributed by atoms with Crippen LogP contribution in [0.4, 0.5) is 10.9 Å². The Morgan fingerprint density at radius 1 is 1.29 bits per heavy atom. The van der Waals surface area contributed by atoms with Gasteiger partial charge in [-0.25, -0.2) is 15.0 Å². The van der Waals surface area contributed by atoms with Gasteiger partial charge in [0.15, 0.2) is 20.1 Å². The van der Waals surface area contributed by atoms with E-state index in [1.165, 1.54) is 11.3 Å². The summed E-state index contributed by atoms with van der Waals surface area (Å²) < 4.78 is 0.599. The molecule has 0 spiro atoms. The van der Waals surface area contributed by atoms with Crippen molar-refractivity contribution in [2.24, 2.45) is 0 Å². The first-order valence-electron chi connectivity index (χ1n) is 7.48. The maximum absolute atomic E-state index is 12.5. The lowest BCUT2D eigenvalue weighted by Gasteiger charge is -2.15. The van der Waals surface area contributed by atoms with E-state index in [1.54, 1.807) is 18.3 Å². The van der Waals surface area contributed by atoms with Gasteiger partial charge in [0.2, 0.25) is 0 Å². The average Bonchev–Trinajstić information content (AvgIpc) is 3.23. The van der Waals surface area contributed by atoms with Gasteiger partial charge in [-0.1, -0.05) is 11.3 Å². The number of halogens is 1. The lowest BCUT2D eigenvalue weighted by atomic mass is 10.2. The largest absolute Gasteiger partial charge is 0.339 e. The van der Waals surface area contributed by atoms with Crippen LogP contribution in [-0.2, 0) is 0 Å². The molecule has 1 fully saturated rings. The molecule has 0 bridgehead atoms. The molecule has 1 amide bonds. The average molecular weight is 402 g/mol. The number of pyridine rings is 1. The summed E-state index contributed by atoms with van der Waals surface area (Å²) >= 11 is 4.67. The van der Waals surface area contributed by atoms with Gasteiger partial charge in [0.25, 0.3) is 5.91 Å². The van der Waals surface area contributed by atoms with Gasteiger partial charge in [-0.3, -0.25) is 4.79 Å². The van der Waals surface area contributed by atoms with Crippen LogP contribution in [0.2, 0.25) is 0 Å². The highest BCUT2D eigenvalue weighted by Crippen LogP contribution is 2.26. The van der Waals surface area contributed by atoms with Crippen LogP contribution in [0.3, 0.4) is 0 Å². The van der Waals surface area contributed by atoms with Crippen LogP contribution in [0.15, 0.2) is 22.9 Å². The van der Waals surface area contributed by atoms with Crippen LogP contribution in [0.1, 0.15) is 23.2 Å². The predicted octanol–water partition coefficient (Wildman–Crippen LogP) is 3.43. The summed E-state index contributed by atoms with van der Waals surface area (Å²) in [6, 6.07) is 9.27. The molecule has 3 aromatic rings. The second-order valence-corrected chi connectivity index (χ2v) is 7.11. The van der Waals surface area contributed by atoms with Crippen molar-refractivity contribution in [2.45, 2.75) is 12.8 Å². The van der Waals surface area contributed by atoms with E-state index in [2.05, 4.69) is 48.3 Å². The number of thiazole rings is 1. The van der Waals surface area contributed by atoms with Gasteiger partial charge < -0.3 is 10.2 Å². The Morgan fingerprint density at radius 3 is 2.96 bits per heavy atom. The van der Waals surface area contributed by atoms with Crippen LogP contribution in [-0.4, -0.2) is 38.8 Å². The fraction of sp³-hybridized carbons (Fsp3) is 0.250. The molecule has 24 heavy (non-hydrogen) atoms. The summed E-state index contributed by atoms with van der Waals surface area (Å²) in [6.07, 6.45) is 3.78. The number of carbonyl (C=O) groups excluding carboxylic acids is 1. The number of nitrogens with zero attached hydrogens (tertiary/aromatic N) is 4. The highest BCUT2D eigenvalue weighted by molar-refractivity contribution is 9.10. The Kier molecular flexibility index (Phi) is 4.04. The lowest BCUT2D eigenvalue weighted by molar-refractivity contribution is 0.0793. The van der Waals surface area contributed by atoms with Crippen molar-refractivity contribution in [3.63, 3.8) is 0 Å². The number of anilines is 2. The van der Waals surface area contributed by atoms with Gasteiger partial charge in [0.05, 0.1) is 0 Å². The van der Waals surface area contributed by atoms with Gasteiger partial charge in [-0.15, -0.1) is 0 Å². The highest BCUT2D eigenvalue weighted by atomic mass is 79.9. The van der Waals surface area contributed by atoms with E-state index in [0.717, 1.165) is 30.8 Å². The lowest BCUT2D eigenvalue weighted by Crippen LogP contribution is -2.27. The maximum Gasteiger partial charge on any atom is 0.254 e. The Hall–Kier alpha value is -2.24. The van der Waals surface area contributed by atoms with Crippen LogP contribution >= 0.6 is 27.3 Å². The van der Waals surface area contributed by atoms with Crippen LogP contribution in [0.25, 0.3) is 10.3 Å². The molecule has 4 rings (SSSR count). The zero-order valence-electron chi connectivity index (χ0n) is 12.5. The van der Waals surface area contributed by atoms with Crippen molar-refractivity contribution >= 4 is 54.5 Å². The molecule has 0 aliphatic carbocycles. The molecule has 3 aromatic heterocycles. The zero-order chi connectivity index (χ0) is 16.5. The van der Waals surface area contributed by atoms with E-state index in [9.17, 15) is 4.79 Å². The van der Waals surface area contributed by atoms with Gasteiger partial charge in [-0.05, 0) is 53.0 Å². The minimum absolute atomic E-state index is 0.0516. The first-order valence-corrected chi connectivity index (χ1v) is 9.09. The second-order valence-electron chi connectivity index (χ2n) is 5.38. The normalized spacial score (nSPS) is 14.0. The fourth-order valence-electron chi connectivity index (χ4n) is 2.59. The molecular formula is C16H12BrN5OS. The molecular weight excluding hydrogens is 390 g/mol. The van der Waals surface area contributed by atoms with Crippen molar-refractivity contribution in [1.82, 2.24) is 19.9 Å². The van der Waals surface area contributed by atoms with E-state index in [4.69, 9.17) is 0 Å². The highest BCUT2D eigenvalue weighted by Gasteiger charge is 2.19. The predicted molar refractivity (Wildman–Crippen MR) is 95.4 cm³/mol. The number of likely N-dealkylation sites (tertiary alicyclic amines) is 1. The fourth-order valence-corrected chi connectivity index (χ4v) is 3.79. The Balaban J connectivity index is 1.57. The number of amides is 1. The summed E-state index contributed by atoms with van der Waals surface area (Å²) in [5, 5.41) is 3.79. The van der Waals surface area contributed by atoms with Crippen molar-refractivity contribution in [3.8, 4) is 0 Å². The molecule has 4 heterocycles. The second kappa shape index (κ2) is 6.34. The quantitative estimate of drug-likeness (QED) is 0.727. The first kappa shape index (κ1) is 15.3. The molecule has 0 radical (unpaired) electrons. The van der Waals surface area contributed by atoms with Crippen molar-refractivity contribution in [2.75, 3.05) is 18.4 Å². The minimum atomic E-state index is 0.0516. The molecule has 1 aliphatic rings. The van der Waals surface area contributed by atoms with Gasteiger partial charge in [0, 0.05) is 24.8 Å². The maximum atomic E-state index is 12.5. The van der Waals surface area contributed by atoms with Crippen molar-refractivity contribution < 1.29 is 4.79 Å². The van der Waals surface area contributed by atoms with E-state index >= 15 is 0 Å². The van der Waals surface area contributed by atoms with E-state index < -0.39 is 0 Å². The molecule has 1 saturated heterocycles. The van der Waals surface area contributed by atoms with Gasteiger partial charge >= 0.3 is 0 Å². The third kappa shape index (κ3) is 3.05. The molecule has 8 heteroatoms. The van der Waals surface area contributed by atoms with E-state index in [0.29, 0.717) is 26.6 Å². The number of carbonyl (C=O) groups is 1. The molecule has 0 atom stereocenters. The summed E-state index contributed by atoms with van der Waals surface area (Å²) in [5.74, 6) is 0.637.